The Kier molecular flexibility index (Phi) is 3.69. The summed E-state index contributed by atoms with van der Waals surface area (Å²) in [5.41, 5.74) is 0. The maximum Gasteiger partial charge on any atom is 0.134 e. The van der Waals surface area contributed by atoms with Gasteiger partial charge in [0, 0.05) is 23.5 Å². The zero-order valence-electron chi connectivity index (χ0n) is 9.65. The molecule has 0 spiro atoms. The SMILES string of the molecule is CC(CCCl)Nc1nccc2ccc(O)cc12. The maximum atomic E-state index is 9.52. The fraction of sp³-hybridized carbons (Fsp3) is 0.308. The Bertz CT molecular complexity index is 516. The Morgan fingerprint density at radius 1 is 1.41 bits per heavy atom. The maximum absolute atomic E-state index is 9.52. The number of alkyl halides is 1. The molecule has 0 saturated carbocycles. The zero-order valence-corrected chi connectivity index (χ0v) is 10.4. The minimum absolute atomic E-state index is 0.249. The number of hydrogen-bond donors (Lipinski definition) is 2. The van der Waals surface area contributed by atoms with Crippen molar-refractivity contribution in [2.24, 2.45) is 0 Å². The largest absolute Gasteiger partial charge is 0.508 e. The average molecular weight is 251 g/mol. The number of aromatic nitrogens is 1. The van der Waals surface area contributed by atoms with E-state index >= 15 is 0 Å². The molecule has 90 valence electrons. The summed E-state index contributed by atoms with van der Waals surface area (Å²) in [4.78, 5) is 4.30. The predicted molar refractivity (Wildman–Crippen MR) is 71.8 cm³/mol. The van der Waals surface area contributed by atoms with E-state index in [9.17, 15) is 5.11 Å². The van der Waals surface area contributed by atoms with Gasteiger partial charge in [-0.1, -0.05) is 6.07 Å². The number of nitrogens with zero attached hydrogens (tertiary/aromatic N) is 1. The molecule has 0 aliphatic carbocycles. The molecule has 0 amide bonds. The lowest BCUT2D eigenvalue weighted by Gasteiger charge is -2.14. The first kappa shape index (κ1) is 12.0. The van der Waals surface area contributed by atoms with Gasteiger partial charge in [-0.05, 0) is 36.9 Å². The molecule has 2 aromatic rings. The van der Waals surface area contributed by atoms with E-state index in [0.29, 0.717) is 5.88 Å². The number of halogens is 1. The first-order valence-electron chi connectivity index (χ1n) is 5.61. The summed E-state index contributed by atoms with van der Waals surface area (Å²) < 4.78 is 0. The van der Waals surface area contributed by atoms with Crippen molar-refractivity contribution in [2.75, 3.05) is 11.2 Å². The van der Waals surface area contributed by atoms with Crippen LogP contribution in [-0.4, -0.2) is 22.0 Å². The summed E-state index contributed by atoms with van der Waals surface area (Å²) >= 11 is 5.71. The van der Waals surface area contributed by atoms with Crippen LogP contribution in [0.3, 0.4) is 0 Å². The van der Waals surface area contributed by atoms with E-state index in [0.717, 1.165) is 23.0 Å². The van der Waals surface area contributed by atoms with Crippen molar-refractivity contribution in [1.29, 1.82) is 0 Å². The number of phenols is 1. The van der Waals surface area contributed by atoms with Crippen LogP contribution in [0.15, 0.2) is 30.5 Å². The van der Waals surface area contributed by atoms with Gasteiger partial charge in [0.25, 0.3) is 0 Å². The summed E-state index contributed by atoms with van der Waals surface area (Å²) in [5.74, 6) is 1.65. The molecule has 2 rings (SSSR count). The quantitative estimate of drug-likeness (QED) is 0.818. The summed E-state index contributed by atoms with van der Waals surface area (Å²) in [7, 11) is 0. The van der Waals surface area contributed by atoms with Crippen LogP contribution in [0.1, 0.15) is 13.3 Å². The summed E-state index contributed by atoms with van der Waals surface area (Å²) in [6.45, 7) is 2.06. The third-order valence-electron chi connectivity index (χ3n) is 2.67. The molecule has 0 aliphatic heterocycles. The highest BCUT2D eigenvalue weighted by Crippen LogP contribution is 2.25. The molecule has 3 nitrogen and oxygen atoms in total. The number of hydrogen-bond acceptors (Lipinski definition) is 3. The van der Waals surface area contributed by atoms with E-state index in [-0.39, 0.29) is 11.8 Å². The molecular formula is C13H15ClN2O. The van der Waals surface area contributed by atoms with Crippen molar-refractivity contribution in [1.82, 2.24) is 4.98 Å². The molecule has 2 N–H and O–H groups in total. The fourth-order valence-corrected chi connectivity index (χ4v) is 2.07. The van der Waals surface area contributed by atoms with Crippen molar-refractivity contribution in [2.45, 2.75) is 19.4 Å². The average Bonchev–Trinajstić information content (AvgIpc) is 2.30. The molecule has 1 aromatic carbocycles. The monoisotopic (exact) mass is 250 g/mol. The Balaban J connectivity index is 2.36. The predicted octanol–water partition coefficient (Wildman–Crippen LogP) is 3.37. The van der Waals surface area contributed by atoms with Crippen LogP contribution in [0.25, 0.3) is 10.8 Å². The smallest absolute Gasteiger partial charge is 0.134 e. The van der Waals surface area contributed by atoms with Gasteiger partial charge in [0.1, 0.15) is 11.6 Å². The molecule has 1 heterocycles. The molecule has 1 atom stereocenters. The Hall–Kier alpha value is -1.48. The van der Waals surface area contributed by atoms with Crippen LogP contribution >= 0.6 is 11.6 Å². The van der Waals surface area contributed by atoms with Crippen LogP contribution in [0, 0.1) is 0 Å². The lowest BCUT2D eigenvalue weighted by molar-refractivity contribution is 0.476. The number of fused-ring (bicyclic) bond motifs is 1. The number of phenolic OH excluding ortho intramolecular Hbond substituents is 1. The second-order valence-electron chi connectivity index (χ2n) is 4.09. The van der Waals surface area contributed by atoms with Gasteiger partial charge in [0.2, 0.25) is 0 Å². The van der Waals surface area contributed by atoms with Gasteiger partial charge in [-0.2, -0.15) is 0 Å². The minimum atomic E-state index is 0.249. The zero-order chi connectivity index (χ0) is 12.3. The highest BCUT2D eigenvalue weighted by Gasteiger charge is 2.06. The molecule has 0 saturated heterocycles. The Labute approximate surface area is 105 Å². The summed E-state index contributed by atoms with van der Waals surface area (Å²) in [6.07, 6.45) is 2.63. The Morgan fingerprint density at radius 3 is 3.00 bits per heavy atom. The number of nitrogens with one attached hydrogen (secondary N) is 1. The van der Waals surface area contributed by atoms with Gasteiger partial charge in [0.05, 0.1) is 0 Å². The van der Waals surface area contributed by atoms with Gasteiger partial charge in [0.15, 0.2) is 0 Å². The van der Waals surface area contributed by atoms with Gasteiger partial charge in [-0.15, -0.1) is 11.6 Å². The Morgan fingerprint density at radius 2 is 2.24 bits per heavy atom. The van der Waals surface area contributed by atoms with Gasteiger partial charge < -0.3 is 10.4 Å². The number of benzene rings is 1. The van der Waals surface area contributed by atoms with Crippen LogP contribution < -0.4 is 5.32 Å². The van der Waals surface area contributed by atoms with E-state index in [2.05, 4.69) is 17.2 Å². The highest BCUT2D eigenvalue weighted by atomic mass is 35.5. The molecule has 0 aliphatic rings. The molecule has 0 fully saturated rings. The summed E-state index contributed by atoms with van der Waals surface area (Å²) in [5, 5.41) is 14.8. The van der Waals surface area contributed by atoms with Crippen molar-refractivity contribution < 1.29 is 5.11 Å². The van der Waals surface area contributed by atoms with E-state index in [1.165, 1.54) is 0 Å². The van der Waals surface area contributed by atoms with E-state index in [4.69, 9.17) is 11.6 Å². The number of anilines is 1. The number of aromatic hydroxyl groups is 1. The third-order valence-corrected chi connectivity index (χ3v) is 2.89. The van der Waals surface area contributed by atoms with Crippen LogP contribution in [0.2, 0.25) is 0 Å². The van der Waals surface area contributed by atoms with E-state index in [1.54, 1.807) is 18.3 Å². The third kappa shape index (κ3) is 2.80. The topological polar surface area (TPSA) is 45.2 Å². The van der Waals surface area contributed by atoms with Crippen molar-refractivity contribution in [3.63, 3.8) is 0 Å². The molecule has 17 heavy (non-hydrogen) atoms. The standard InChI is InChI=1S/C13H15ClN2O/c1-9(4-6-14)16-13-12-8-11(17)3-2-10(12)5-7-15-13/h2-3,5,7-9,17H,4,6H2,1H3,(H,15,16). The van der Waals surface area contributed by atoms with Crippen LogP contribution in [0.4, 0.5) is 5.82 Å². The van der Waals surface area contributed by atoms with Crippen LogP contribution in [-0.2, 0) is 0 Å². The first-order valence-corrected chi connectivity index (χ1v) is 6.14. The van der Waals surface area contributed by atoms with Crippen molar-refractivity contribution in [3.8, 4) is 5.75 Å². The number of rotatable bonds is 4. The molecule has 1 aromatic heterocycles. The second kappa shape index (κ2) is 5.23. The van der Waals surface area contributed by atoms with Crippen LogP contribution in [0.5, 0.6) is 5.75 Å². The molecule has 0 radical (unpaired) electrons. The van der Waals surface area contributed by atoms with Gasteiger partial charge in [-0.3, -0.25) is 0 Å². The molecular weight excluding hydrogens is 236 g/mol. The molecule has 4 heteroatoms. The van der Waals surface area contributed by atoms with Gasteiger partial charge in [-0.25, -0.2) is 4.98 Å². The minimum Gasteiger partial charge on any atom is -0.508 e. The second-order valence-corrected chi connectivity index (χ2v) is 4.47. The van der Waals surface area contributed by atoms with E-state index in [1.807, 2.05) is 12.1 Å². The van der Waals surface area contributed by atoms with Crippen molar-refractivity contribution >= 4 is 28.2 Å². The van der Waals surface area contributed by atoms with Crippen molar-refractivity contribution in [3.05, 3.63) is 30.5 Å². The lowest BCUT2D eigenvalue weighted by Crippen LogP contribution is -2.16. The highest BCUT2D eigenvalue weighted by molar-refractivity contribution is 6.17. The lowest BCUT2D eigenvalue weighted by atomic mass is 10.1. The van der Waals surface area contributed by atoms with E-state index < -0.39 is 0 Å². The first-order chi connectivity index (χ1) is 8.20. The number of pyridine rings is 1. The molecule has 1 unspecified atom stereocenters. The normalized spacial score (nSPS) is 12.6. The molecule has 0 bridgehead atoms. The fourth-order valence-electron chi connectivity index (χ4n) is 1.74. The van der Waals surface area contributed by atoms with Gasteiger partial charge >= 0.3 is 0 Å². The summed E-state index contributed by atoms with van der Waals surface area (Å²) in [6, 6.07) is 7.45.